The van der Waals surface area contributed by atoms with Crippen molar-refractivity contribution >= 4 is 41.5 Å². The number of fused-ring (bicyclic) bond motifs is 2. The van der Waals surface area contributed by atoms with E-state index in [-0.39, 0.29) is 30.0 Å². The van der Waals surface area contributed by atoms with Crippen LogP contribution in [-0.4, -0.2) is 74.0 Å². The molecule has 2 bridgehead atoms. The van der Waals surface area contributed by atoms with E-state index in [9.17, 15) is 24.0 Å². The molecule has 0 fully saturated rings. The molecule has 0 saturated heterocycles. The Morgan fingerprint density at radius 3 is 2.54 bits per heavy atom. The van der Waals surface area contributed by atoms with E-state index in [4.69, 9.17) is 20.7 Å². The van der Waals surface area contributed by atoms with Gasteiger partial charge in [0.15, 0.2) is 0 Å². The smallest absolute Gasteiger partial charge is 0.322 e. The first-order chi connectivity index (χ1) is 22.0. The van der Waals surface area contributed by atoms with Crippen molar-refractivity contribution in [2.24, 2.45) is 17.1 Å². The zero-order chi connectivity index (χ0) is 32.9. The number of hydrogen-bond donors (Lipinski definition) is 5. The normalized spacial score (nSPS) is 26.3. The summed E-state index contributed by atoms with van der Waals surface area (Å²) in [6.07, 6.45) is 16.5. The second-order valence-electron chi connectivity index (χ2n) is 12.5. The number of carboxylic acid groups (broad SMARTS) is 2. The molecule has 0 unspecified atom stereocenters. The molecule has 13 heteroatoms. The SMILES string of the molecule is N[C@@H](CCC(=O)N[C@@H](CS[C@@]12C=C[C@@]3(CCCCCC1)CC(Cc1ccncc1)=C[C@@H]1C(=O)OC2=C13)C(=O)NCC(=O)O)C(=O)O. The number of ether oxygens (including phenoxy) is 1. The zero-order valence-electron chi connectivity index (χ0n) is 25.5. The summed E-state index contributed by atoms with van der Waals surface area (Å²) in [5.41, 5.74) is 8.48. The number of esters is 1. The standard InChI is InChI=1S/C33H40N4O8S/c34-23(30(42)43)5-6-25(38)37-24(29(41)36-18-26(39)40)19-46-33-10-4-2-1-3-9-32(11-12-33)17-21(15-20-7-13-35-14-8-20)16-22-27(32)28(33)45-31(22)44/h7-8,11-14,16,22-24H,1-6,9-10,15,17-19,34H2,(H,36,41)(H,37,38)(H,39,40)(H,42,43)/t22-,23-,24-,32-,33+/m0/s1. The lowest BCUT2D eigenvalue weighted by atomic mass is 9.60. The van der Waals surface area contributed by atoms with Gasteiger partial charge in [0.2, 0.25) is 11.8 Å². The third kappa shape index (κ3) is 7.36. The number of nitrogens with one attached hydrogen (secondary N) is 2. The van der Waals surface area contributed by atoms with Crippen LogP contribution in [0.2, 0.25) is 0 Å². The highest BCUT2D eigenvalue weighted by Gasteiger charge is 2.56. The Hall–Kier alpha value is -3.97. The summed E-state index contributed by atoms with van der Waals surface area (Å²) in [5.74, 6) is -3.87. The number of nitrogens with zero attached hydrogens (tertiary/aromatic N) is 1. The molecule has 246 valence electrons. The van der Waals surface area contributed by atoms with E-state index in [1.165, 1.54) is 17.3 Å². The number of aliphatic carboxylic acids is 2. The van der Waals surface area contributed by atoms with Crippen LogP contribution in [0.4, 0.5) is 0 Å². The van der Waals surface area contributed by atoms with Gasteiger partial charge in [-0.15, -0.1) is 11.8 Å². The summed E-state index contributed by atoms with van der Waals surface area (Å²) in [5, 5.41) is 23.1. The van der Waals surface area contributed by atoms with Gasteiger partial charge in [0.25, 0.3) is 0 Å². The highest BCUT2D eigenvalue weighted by atomic mass is 32.2. The molecule has 6 N–H and O–H groups in total. The Labute approximate surface area is 271 Å². The minimum atomic E-state index is -1.24. The molecule has 2 amide bonds. The summed E-state index contributed by atoms with van der Waals surface area (Å²) in [6, 6.07) is 1.61. The van der Waals surface area contributed by atoms with Crippen molar-refractivity contribution in [2.45, 2.75) is 81.0 Å². The fourth-order valence-electron chi connectivity index (χ4n) is 6.93. The maximum Gasteiger partial charge on any atom is 0.322 e. The molecule has 0 aromatic carbocycles. The molecule has 1 aliphatic heterocycles. The molecule has 2 heterocycles. The number of rotatable bonds is 13. The number of carboxylic acids is 2. The van der Waals surface area contributed by atoms with Gasteiger partial charge in [-0.3, -0.25) is 29.0 Å². The molecule has 4 aliphatic rings. The van der Waals surface area contributed by atoms with Crippen molar-refractivity contribution in [1.82, 2.24) is 15.6 Å². The molecule has 1 aromatic heterocycles. The molecule has 46 heavy (non-hydrogen) atoms. The van der Waals surface area contributed by atoms with Crippen molar-refractivity contribution in [3.63, 3.8) is 0 Å². The van der Waals surface area contributed by atoms with Crippen molar-refractivity contribution in [3.05, 3.63) is 65.2 Å². The van der Waals surface area contributed by atoms with Gasteiger partial charge in [-0.25, -0.2) is 0 Å². The number of thioether (sulfide) groups is 1. The Bertz CT molecular complexity index is 1480. The van der Waals surface area contributed by atoms with Gasteiger partial charge in [-0.05, 0) is 55.4 Å². The van der Waals surface area contributed by atoms with E-state index >= 15 is 0 Å². The molecular formula is C33H40N4O8S. The summed E-state index contributed by atoms with van der Waals surface area (Å²) in [4.78, 5) is 65.8. The minimum absolute atomic E-state index is 0.0572. The topological polar surface area (TPSA) is 198 Å². The molecule has 12 nitrogen and oxygen atoms in total. The third-order valence-electron chi connectivity index (χ3n) is 9.22. The van der Waals surface area contributed by atoms with Crippen LogP contribution < -0.4 is 16.4 Å². The van der Waals surface area contributed by atoms with Crippen LogP contribution in [0.3, 0.4) is 0 Å². The number of carbonyl (C=O) groups excluding carboxylic acids is 3. The molecule has 5 rings (SSSR count). The van der Waals surface area contributed by atoms with E-state index in [1.807, 2.05) is 18.2 Å². The summed E-state index contributed by atoms with van der Waals surface area (Å²) >= 11 is 1.39. The average Bonchev–Trinajstić information content (AvgIpc) is 3.38. The Balaban J connectivity index is 1.42. The Kier molecular flexibility index (Phi) is 10.3. The van der Waals surface area contributed by atoms with E-state index in [0.29, 0.717) is 18.6 Å². The zero-order valence-corrected chi connectivity index (χ0v) is 26.4. The molecule has 5 atom stereocenters. The predicted molar refractivity (Wildman–Crippen MR) is 169 cm³/mol. The molecule has 0 radical (unpaired) electrons. The lowest BCUT2D eigenvalue weighted by Crippen LogP contribution is -2.50. The first-order valence-corrected chi connectivity index (χ1v) is 16.7. The number of hydrogen-bond acceptors (Lipinski definition) is 9. The Morgan fingerprint density at radius 1 is 1.09 bits per heavy atom. The van der Waals surface area contributed by atoms with Gasteiger partial charge in [-0.1, -0.05) is 49.5 Å². The summed E-state index contributed by atoms with van der Waals surface area (Å²) in [7, 11) is 0. The first-order valence-electron chi connectivity index (χ1n) is 15.7. The Morgan fingerprint density at radius 2 is 1.83 bits per heavy atom. The molecule has 1 aromatic rings. The van der Waals surface area contributed by atoms with Crippen LogP contribution in [-0.2, 0) is 35.1 Å². The number of carbonyl (C=O) groups is 5. The van der Waals surface area contributed by atoms with Gasteiger partial charge >= 0.3 is 17.9 Å². The maximum absolute atomic E-state index is 13.5. The van der Waals surface area contributed by atoms with Crippen LogP contribution in [0.25, 0.3) is 0 Å². The largest absolute Gasteiger partial charge is 0.480 e. The second-order valence-corrected chi connectivity index (χ2v) is 13.8. The lowest BCUT2D eigenvalue weighted by molar-refractivity contribution is -0.140. The molecule has 1 spiro atoms. The molecule has 0 saturated carbocycles. The minimum Gasteiger partial charge on any atom is -0.480 e. The predicted octanol–water partition coefficient (Wildman–Crippen LogP) is 2.64. The lowest BCUT2D eigenvalue weighted by Gasteiger charge is -2.45. The summed E-state index contributed by atoms with van der Waals surface area (Å²) < 4.78 is 5.40. The van der Waals surface area contributed by atoms with Gasteiger partial charge in [0.1, 0.15) is 30.3 Å². The van der Waals surface area contributed by atoms with Crippen molar-refractivity contribution in [1.29, 1.82) is 0 Å². The second kappa shape index (κ2) is 14.2. The van der Waals surface area contributed by atoms with Gasteiger partial charge < -0.3 is 31.3 Å². The van der Waals surface area contributed by atoms with Crippen LogP contribution in [0, 0.1) is 11.3 Å². The fraction of sp³-hybridized carbons (Fsp3) is 0.515. The average molecular weight is 653 g/mol. The number of nitrogens with two attached hydrogens (primary N) is 1. The van der Waals surface area contributed by atoms with E-state index in [1.54, 1.807) is 12.4 Å². The highest BCUT2D eigenvalue weighted by molar-refractivity contribution is 8.01. The van der Waals surface area contributed by atoms with E-state index in [0.717, 1.165) is 49.7 Å². The van der Waals surface area contributed by atoms with E-state index < -0.39 is 53.0 Å². The third-order valence-corrected chi connectivity index (χ3v) is 10.8. The van der Waals surface area contributed by atoms with Gasteiger partial charge in [-0.2, -0.15) is 0 Å². The van der Waals surface area contributed by atoms with Gasteiger partial charge in [0, 0.05) is 30.0 Å². The van der Waals surface area contributed by atoms with E-state index in [2.05, 4.69) is 27.8 Å². The quantitative estimate of drug-likeness (QED) is 0.155. The fourth-order valence-corrected chi connectivity index (χ4v) is 8.36. The number of aromatic nitrogens is 1. The van der Waals surface area contributed by atoms with Crippen molar-refractivity contribution in [2.75, 3.05) is 12.3 Å². The molecular weight excluding hydrogens is 612 g/mol. The maximum atomic E-state index is 13.5. The van der Waals surface area contributed by atoms with Gasteiger partial charge in [0.05, 0.1) is 4.75 Å². The number of pyridine rings is 1. The number of allylic oxidation sites excluding steroid dienone is 2. The van der Waals surface area contributed by atoms with Crippen LogP contribution >= 0.6 is 11.8 Å². The van der Waals surface area contributed by atoms with Crippen molar-refractivity contribution in [3.8, 4) is 0 Å². The van der Waals surface area contributed by atoms with Crippen LogP contribution in [0.5, 0.6) is 0 Å². The van der Waals surface area contributed by atoms with Crippen LogP contribution in [0.15, 0.2) is 59.7 Å². The van der Waals surface area contributed by atoms with Crippen LogP contribution in [0.1, 0.15) is 63.4 Å². The summed E-state index contributed by atoms with van der Waals surface area (Å²) in [6.45, 7) is -0.629. The van der Waals surface area contributed by atoms with Crippen molar-refractivity contribution < 1.29 is 38.9 Å². The first kappa shape index (κ1) is 33.4. The monoisotopic (exact) mass is 652 g/mol. The number of amides is 2. The highest BCUT2D eigenvalue weighted by Crippen LogP contribution is 2.60. The molecule has 3 aliphatic carbocycles.